The lowest BCUT2D eigenvalue weighted by molar-refractivity contribution is -0.120. The summed E-state index contributed by atoms with van der Waals surface area (Å²) in [6, 6.07) is 14.1. The van der Waals surface area contributed by atoms with Crippen molar-refractivity contribution in [2.24, 2.45) is 0 Å². The van der Waals surface area contributed by atoms with Crippen LogP contribution in [0.4, 0.5) is 0 Å². The van der Waals surface area contributed by atoms with Crippen LogP contribution in [0.2, 0.25) is 5.02 Å². The molecule has 2 aromatic rings. The quantitative estimate of drug-likeness (QED) is 0.792. The molecule has 27 heavy (non-hydrogen) atoms. The van der Waals surface area contributed by atoms with E-state index in [-0.39, 0.29) is 18.4 Å². The Morgan fingerprint density at radius 1 is 1.15 bits per heavy atom. The van der Waals surface area contributed by atoms with Gasteiger partial charge >= 0.3 is 0 Å². The van der Waals surface area contributed by atoms with E-state index in [2.05, 4.69) is 22.3 Å². The average molecular weight is 389 g/mol. The Balaban J connectivity index is 1.57. The summed E-state index contributed by atoms with van der Waals surface area (Å²) in [6.45, 7) is 1.56. The van der Waals surface area contributed by atoms with Crippen LogP contribution in [0, 0.1) is 0 Å². The molecule has 1 heterocycles. The molecule has 5 nitrogen and oxygen atoms in total. The second kappa shape index (κ2) is 9.11. The van der Waals surface area contributed by atoms with E-state index in [1.165, 1.54) is 5.56 Å². The summed E-state index contributed by atoms with van der Waals surface area (Å²) in [7, 11) is 4.06. The van der Waals surface area contributed by atoms with Crippen molar-refractivity contribution in [1.82, 2.24) is 10.2 Å². The number of carbonyl (C=O) groups excluding carboxylic acids is 1. The van der Waals surface area contributed by atoms with Gasteiger partial charge < -0.3 is 19.7 Å². The first-order chi connectivity index (χ1) is 13.0. The van der Waals surface area contributed by atoms with Gasteiger partial charge in [-0.15, -0.1) is 0 Å². The third-order valence-corrected chi connectivity index (χ3v) is 4.88. The number of carbonyl (C=O) groups is 1. The lowest BCUT2D eigenvalue weighted by Gasteiger charge is -2.25. The Morgan fingerprint density at radius 3 is 2.63 bits per heavy atom. The van der Waals surface area contributed by atoms with Crippen molar-refractivity contribution in [3.05, 3.63) is 58.6 Å². The lowest BCUT2D eigenvalue weighted by Crippen LogP contribution is -2.42. The maximum absolute atomic E-state index is 12.4. The van der Waals surface area contributed by atoms with E-state index in [1.54, 1.807) is 6.07 Å². The van der Waals surface area contributed by atoms with Crippen LogP contribution in [0.15, 0.2) is 42.5 Å². The molecule has 1 unspecified atom stereocenters. The maximum atomic E-state index is 12.4. The molecule has 0 saturated heterocycles. The van der Waals surface area contributed by atoms with Crippen LogP contribution in [-0.4, -0.2) is 50.7 Å². The lowest BCUT2D eigenvalue weighted by atomic mass is 10.0. The van der Waals surface area contributed by atoms with Crippen molar-refractivity contribution < 1.29 is 14.3 Å². The fourth-order valence-electron chi connectivity index (χ4n) is 3.07. The number of fused-ring (bicyclic) bond motifs is 1. The SMILES string of the molecule is CN(C)C(CNC(=O)Cc1cc(Cl)c2c(c1)OCCO2)Cc1ccccc1. The molecule has 1 aliphatic rings. The summed E-state index contributed by atoms with van der Waals surface area (Å²) in [5.74, 6) is 1.12. The summed E-state index contributed by atoms with van der Waals surface area (Å²) in [5, 5.41) is 3.51. The maximum Gasteiger partial charge on any atom is 0.224 e. The predicted octanol–water partition coefficient (Wildman–Crippen LogP) is 2.94. The number of nitrogens with one attached hydrogen (secondary N) is 1. The van der Waals surface area contributed by atoms with E-state index < -0.39 is 0 Å². The average Bonchev–Trinajstić information content (AvgIpc) is 2.66. The van der Waals surface area contributed by atoms with Gasteiger partial charge in [-0.2, -0.15) is 0 Å². The fourth-order valence-corrected chi connectivity index (χ4v) is 3.36. The molecule has 1 N–H and O–H groups in total. The van der Waals surface area contributed by atoms with E-state index in [0.29, 0.717) is 36.3 Å². The van der Waals surface area contributed by atoms with Crippen LogP contribution in [0.5, 0.6) is 11.5 Å². The van der Waals surface area contributed by atoms with Crippen molar-refractivity contribution in [1.29, 1.82) is 0 Å². The minimum Gasteiger partial charge on any atom is -0.486 e. The van der Waals surface area contributed by atoms with Gasteiger partial charge in [-0.25, -0.2) is 0 Å². The molecule has 2 aromatic carbocycles. The molecule has 1 aliphatic heterocycles. The van der Waals surface area contributed by atoms with Crippen LogP contribution >= 0.6 is 11.6 Å². The van der Waals surface area contributed by atoms with Crippen molar-refractivity contribution >= 4 is 17.5 Å². The zero-order valence-electron chi connectivity index (χ0n) is 15.7. The van der Waals surface area contributed by atoms with Gasteiger partial charge in [-0.1, -0.05) is 41.9 Å². The van der Waals surface area contributed by atoms with Crippen LogP contribution in [-0.2, 0) is 17.6 Å². The van der Waals surface area contributed by atoms with E-state index in [0.717, 1.165) is 12.0 Å². The Bertz CT molecular complexity index is 780. The van der Waals surface area contributed by atoms with E-state index >= 15 is 0 Å². The number of rotatable bonds is 7. The second-order valence-corrected chi connectivity index (χ2v) is 7.30. The van der Waals surface area contributed by atoms with Gasteiger partial charge in [-0.3, -0.25) is 4.79 Å². The van der Waals surface area contributed by atoms with Crippen LogP contribution in [0.3, 0.4) is 0 Å². The Kier molecular flexibility index (Phi) is 6.58. The van der Waals surface area contributed by atoms with Gasteiger partial charge in [0.1, 0.15) is 13.2 Å². The summed E-state index contributed by atoms with van der Waals surface area (Å²) < 4.78 is 11.1. The molecule has 0 radical (unpaired) electrons. The molecule has 3 rings (SSSR count). The molecule has 0 aromatic heterocycles. The number of ether oxygens (including phenoxy) is 2. The largest absolute Gasteiger partial charge is 0.486 e. The first-order valence-corrected chi connectivity index (χ1v) is 9.46. The Morgan fingerprint density at radius 2 is 1.89 bits per heavy atom. The van der Waals surface area contributed by atoms with Gasteiger partial charge in [0.15, 0.2) is 11.5 Å². The van der Waals surface area contributed by atoms with Crippen LogP contribution in [0.1, 0.15) is 11.1 Å². The molecule has 1 atom stereocenters. The molecule has 0 bridgehead atoms. The highest BCUT2D eigenvalue weighted by Gasteiger charge is 2.18. The minimum absolute atomic E-state index is 0.0392. The highest BCUT2D eigenvalue weighted by Crippen LogP contribution is 2.38. The van der Waals surface area contributed by atoms with Crippen molar-refractivity contribution in [2.45, 2.75) is 18.9 Å². The summed E-state index contributed by atoms with van der Waals surface area (Å²) in [4.78, 5) is 14.6. The van der Waals surface area contributed by atoms with Gasteiger partial charge in [0, 0.05) is 12.6 Å². The molecular formula is C21H25ClN2O3. The zero-order chi connectivity index (χ0) is 19.2. The van der Waals surface area contributed by atoms with Crippen molar-refractivity contribution in [2.75, 3.05) is 33.9 Å². The van der Waals surface area contributed by atoms with E-state index in [1.807, 2.05) is 38.4 Å². The second-order valence-electron chi connectivity index (χ2n) is 6.89. The Labute approximate surface area is 165 Å². The zero-order valence-corrected chi connectivity index (χ0v) is 16.5. The third kappa shape index (κ3) is 5.37. The molecule has 0 fully saturated rings. The number of nitrogens with zero attached hydrogens (tertiary/aromatic N) is 1. The van der Waals surface area contributed by atoms with Crippen molar-refractivity contribution in [3.8, 4) is 11.5 Å². The normalized spacial score (nSPS) is 14.1. The summed E-state index contributed by atoms with van der Waals surface area (Å²) >= 11 is 6.25. The predicted molar refractivity (Wildman–Crippen MR) is 107 cm³/mol. The van der Waals surface area contributed by atoms with Gasteiger partial charge in [0.05, 0.1) is 11.4 Å². The van der Waals surface area contributed by atoms with Gasteiger partial charge in [-0.05, 0) is 43.8 Å². The molecule has 6 heteroatoms. The molecular weight excluding hydrogens is 364 g/mol. The number of amides is 1. The fraction of sp³-hybridized carbons (Fsp3) is 0.381. The Hall–Kier alpha value is -2.24. The van der Waals surface area contributed by atoms with Gasteiger partial charge in [0.2, 0.25) is 5.91 Å². The smallest absolute Gasteiger partial charge is 0.224 e. The van der Waals surface area contributed by atoms with Crippen LogP contribution < -0.4 is 14.8 Å². The molecule has 0 saturated carbocycles. The summed E-state index contributed by atoms with van der Waals surface area (Å²) in [6.07, 6.45) is 1.13. The highest BCUT2D eigenvalue weighted by atomic mass is 35.5. The number of likely N-dealkylation sites (N-methyl/N-ethyl adjacent to an activating group) is 1. The topological polar surface area (TPSA) is 50.8 Å². The van der Waals surface area contributed by atoms with Gasteiger partial charge in [0.25, 0.3) is 0 Å². The number of hydrogen-bond donors (Lipinski definition) is 1. The number of halogens is 1. The molecule has 0 spiro atoms. The first kappa shape index (κ1) is 19.5. The molecule has 0 aliphatic carbocycles. The molecule has 1 amide bonds. The summed E-state index contributed by atoms with van der Waals surface area (Å²) in [5.41, 5.74) is 2.07. The van der Waals surface area contributed by atoms with E-state index in [4.69, 9.17) is 21.1 Å². The van der Waals surface area contributed by atoms with Crippen molar-refractivity contribution in [3.63, 3.8) is 0 Å². The van der Waals surface area contributed by atoms with E-state index in [9.17, 15) is 4.79 Å². The third-order valence-electron chi connectivity index (χ3n) is 4.60. The molecule has 144 valence electrons. The minimum atomic E-state index is -0.0392. The highest BCUT2D eigenvalue weighted by molar-refractivity contribution is 6.32. The standard InChI is InChI=1S/C21H25ClN2O3/c1-24(2)17(10-15-6-4-3-5-7-15)14-23-20(25)13-16-11-18(22)21-19(12-16)26-8-9-27-21/h3-7,11-12,17H,8-10,13-14H2,1-2H3,(H,23,25). The van der Waals surface area contributed by atoms with Crippen LogP contribution in [0.25, 0.3) is 0 Å². The first-order valence-electron chi connectivity index (χ1n) is 9.08. The number of benzene rings is 2. The number of hydrogen-bond acceptors (Lipinski definition) is 4. The monoisotopic (exact) mass is 388 g/mol.